The molecule has 2 fully saturated rings. The van der Waals surface area contributed by atoms with Gasteiger partial charge in [-0.3, -0.25) is 4.79 Å². The van der Waals surface area contributed by atoms with Crippen molar-refractivity contribution in [3.8, 4) is 0 Å². The van der Waals surface area contributed by atoms with Crippen molar-refractivity contribution in [3.63, 3.8) is 0 Å². The van der Waals surface area contributed by atoms with Crippen LogP contribution in [0, 0.1) is 0 Å². The maximum Gasteiger partial charge on any atom is 0.240 e. The molecule has 0 bridgehead atoms. The lowest BCUT2D eigenvalue weighted by molar-refractivity contribution is -0.130. The molecule has 0 saturated carbocycles. The number of hydrogen-bond donors (Lipinski definition) is 2. The average molecular weight is 398 g/mol. The molecule has 1 unspecified atom stereocenters. The van der Waals surface area contributed by atoms with E-state index in [1.165, 1.54) is 0 Å². The molecular formula is C15H23Cl3N4O2. The Kier molecular flexibility index (Phi) is 8.02. The van der Waals surface area contributed by atoms with Crippen LogP contribution in [0.4, 0.5) is 5.82 Å². The summed E-state index contributed by atoms with van der Waals surface area (Å²) in [5.74, 6) is 0.698. The lowest BCUT2D eigenvalue weighted by Gasteiger charge is -2.32. The van der Waals surface area contributed by atoms with Crippen LogP contribution in [0.15, 0.2) is 18.3 Å². The van der Waals surface area contributed by atoms with E-state index in [2.05, 4.69) is 15.2 Å². The van der Waals surface area contributed by atoms with E-state index < -0.39 is 5.54 Å². The third-order valence-electron chi connectivity index (χ3n) is 4.40. The van der Waals surface area contributed by atoms with Gasteiger partial charge in [0.15, 0.2) is 0 Å². The van der Waals surface area contributed by atoms with E-state index in [1.54, 1.807) is 6.20 Å². The molecule has 24 heavy (non-hydrogen) atoms. The summed E-state index contributed by atoms with van der Waals surface area (Å²) in [4.78, 5) is 18.8. The standard InChI is InChI=1S/C15H21ClN4O2.2ClH/c16-12-2-1-6-18-13(12)20-7-3-11(10-20)19-14(21)15(17)4-8-22-9-5-15;;/h1-2,6,11H,3-5,7-10,17H2,(H,19,21);2*1H. The summed E-state index contributed by atoms with van der Waals surface area (Å²) in [7, 11) is 0. The van der Waals surface area contributed by atoms with Gasteiger partial charge in [-0.15, -0.1) is 24.8 Å². The summed E-state index contributed by atoms with van der Waals surface area (Å²) in [5, 5.41) is 3.71. The van der Waals surface area contributed by atoms with Crippen molar-refractivity contribution in [2.45, 2.75) is 30.8 Å². The first kappa shape index (κ1) is 21.3. The molecule has 2 aliphatic heterocycles. The topological polar surface area (TPSA) is 80.5 Å². The van der Waals surface area contributed by atoms with Gasteiger partial charge in [-0.25, -0.2) is 4.98 Å². The Bertz CT molecular complexity index is 555. The van der Waals surface area contributed by atoms with Gasteiger partial charge in [0.1, 0.15) is 5.82 Å². The van der Waals surface area contributed by atoms with Crippen LogP contribution in [-0.2, 0) is 9.53 Å². The number of ether oxygens (including phenoxy) is 1. The van der Waals surface area contributed by atoms with Crippen LogP contribution >= 0.6 is 36.4 Å². The predicted molar refractivity (Wildman–Crippen MR) is 99.5 cm³/mol. The smallest absolute Gasteiger partial charge is 0.240 e. The Morgan fingerprint density at radius 1 is 1.42 bits per heavy atom. The Labute approximate surface area is 159 Å². The fourth-order valence-corrected chi connectivity index (χ4v) is 3.21. The molecule has 9 heteroatoms. The number of carbonyl (C=O) groups excluding carboxylic acids is 1. The van der Waals surface area contributed by atoms with Crippen molar-refractivity contribution in [3.05, 3.63) is 23.4 Å². The summed E-state index contributed by atoms with van der Waals surface area (Å²) in [6, 6.07) is 3.71. The van der Waals surface area contributed by atoms with Crippen molar-refractivity contribution >= 4 is 48.1 Å². The Morgan fingerprint density at radius 3 is 2.79 bits per heavy atom. The first-order chi connectivity index (χ1) is 10.6. The highest BCUT2D eigenvalue weighted by atomic mass is 35.5. The van der Waals surface area contributed by atoms with Crippen LogP contribution in [0.3, 0.4) is 0 Å². The molecule has 1 aromatic rings. The zero-order valence-electron chi connectivity index (χ0n) is 13.2. The third-order valence-corrected chi connectivity index (χ3v) is 4.69. The van der Waals surface area contributed by atoms with Crippen LogP contribution < -0.4 is 16.0 Å². The van der Waals surface area contributed by atoms with Gasteiger partial charge >= 0.3 is 0 Å². The molecule has 0 spiro atoms. The van der Waals surface area contributed by atoms with Crippen LogP contribution in [0.2, 0.25) is 5.02 Å². The summed E-state index contributed by atoms with van der Waals surface area (Å²) in [6.45, 7) is 2.62. The zero-order valence-corrected chi connectivity index (χ0v) is 15.6. The molecule has 0 radical (unpaired) electrons. The number of nitrogens with two attached hydrogens (primary N) is 1. The predicted octanol–water partition coefficient (Wildman–Crippen LogP) is 1.78. The minimum Gasteiger partial charge on any atom is -0.381 e. The van der Waals surface area contributed by atoms with E-state index >= 15 is 0 Å². The molecule has 1 aromatic heterocycles. The molecule has 3 N–H and O–H groups in total. The number of pyridine rings is 1. The van der Waals surface area contributed by atoms with Crippen LogP contribution in [0.5, 0.6) is 0 Å². The zero-order chi connectivity index (χ0) is 15.6. The van der Waals surface area contributed by atoms with E-state index in [9.17, 15) is 4.79 Å². The fourth-order valence-electron chi connectivity index (χ4n) is 2.97. The molecule has 1 atom stereocenters. The molecule has 2 aliphatic rings. The van der Waals surface area contributed by atoms with Crippen molar-refractivity contribution in [1.82, 2.24) is 10.3 Å². The largest absolute Gasteiger partial charge is 0.381 e. The highest BCUT2D eigenvalue weighted by molar-refractivity contribution is 6.32. The van der Waals surface area contributed by atoms with Gasteiger partial charge in [0.25, 0.3) is 0 Å². The third kappa shape index (κ3) is 4.64. The summed E-state index contributed by atoms with van der Waals surface area (Å²) >= 11 is 6.18. The second-order valence-corrected chi connectivity index (χ2v) is 6.39. The maximum atomic E-state index is 12.4. The Morgan fingerprint density at radius 2 is 2.12 bits per heavy atom. The van der Waals surface area contributed by atoms with Gasteiger partial charge < -0.3 is 20.7 Å². The van der Waals surface area contributed by atoms with Gasteiger partial charge in [-0.05, 0) is 31.4 Å². The van der Waals surface area contributed by atoms with E-state index in [0.29, 0.717) is 37.6 Å². The SMILES string of the molecule is Cl.Cl.NC1(C(=O)NC2CCN(c3ncccc3Cl)C2)CCOCC1. The number of hydrogen-bond acceptors (Lipinski definition) is 5. The number of anilines is 1. The van der Waals surface area contributed by atoms with Gasteiger partial charge in [-0.2, -0.15) is 0 Å². The van der Waals surface area contributed by atoms with E-state index in [1.807, 2.05) is 12.1 Å². The Hall–Kier alpha value is -0.790. The number of amides is 1. The highest BCUT2D eigenvalue weighted by Crippen LogP contribution is 2.26. The molecule has 0 aliphatic carbocycles. The van der Waals surface area contributed by atoms with Crippen molar-refractivity contribution in [1.29, 1.82) is 0 Å². The second-order valence-electron chi connectivity index (χ2n) is 5.98. The van der Waals surface area contributed by atoms with Gasteiger partial charge in [0.05, 0.1) is 10.6 Å². The maximum absolute atomic E-state index is 12.4. The van der Waals surface area contributed by atoms with Gasteiger partial charge in [-0.1, -0.05) is 11.6 Å². The molecule has 1 amide bonds. The van der Waals surface area contributed by atoms with E-state index in [-0.39, 0.29) is 36.8 Å². The number of nitrogens with zero attached hydrogens (tertiary/aromatic N) is 2. The van der Waals surface area contributed by atoms with Crippen LogP contribution in [0.25, 0.3) is 0 Å². The molecule has 0 aromatic carbocycles. The highest BCUT2D eigenvalue weighted by Gasteiger charge is 2.38. The van der Waals surface area contributed by atoms with Crippen molar-refractivity contribution < 1.29 is 9.53 Å². The van der Waals surface area contributed by atoms with Crippen molar-refractivity contribution in [2.24, 2.45) is 5.73 Å². The molecule has 136 valence electrons. The normalized spacial score (nSPS) is 22.2. The van der Waals surface area contributed by atoms with Gasteiger partial charge in [0, 0.05) is 38.5 Å². The Balaban J connectivity index is 0.00000144. The number of rotatable bonds is 3. The summed E-state index contributed by atoms with van der Waals surface area (Å²) in [5.41, 5.74) is 5.41. The first-order valence-electron chi connectivity index (χ1n) is 7.61. The minimum absolute atomic E-state index is 0. The van der Waals surface area contributed by atoms with Crippen LogP contribution in [0.1, 0.15) is 19.3 Å². The minimum atomic E-state index is -0.797. The quantitative estimate of drug-likeness (QED) is 0.812. The molecule has 3 heterocycles. The molecule has 6 nitrogen and oxygen atoms in total. The average Bonchev–Trinajstić information content (AvgIpc) is 2.97. The van der Waals surface area contributed by atoms with Crippen LogP contribution in [-0.4, -0.2) is 48.8 Å². The second kappa shape index (κ2) is 9.06. The number of halogens is 3. The number of aromatic nitrogens is 1. The summed E-state index contributed by atoms with van der Waals surface area (Å²) < 4.78 is 5.28. The molecule has 3 rings (SSSR count). The monoisotopic (exact) mass is 396 g/mol. The van der Waals surface area contributed by atoms with Crippen molar-refractivity contribution in [2.75, 3.05) is 31.2 Å². The van der Waals surface area contributed by atoms with E-state index in [0.717, 1.165) is 18.8 Å². The first-order valence-corrected chi connectivity index (χ1v) is 7.99. The lowest BCUT2D eigenvalue weighted by Crippen LogP contribution is -2.59. The number of carbonyl (C=O) groups is 1. The number of nitrogens with one attached hydrogen (secondary N) is 1. The molecular weight excluding hydrogens is 375 g/mol. The fraction of sp³-hybridized carbons (Fsp3) is 0.600. The lowest BCUT2D eigenvalue weighted by atomic mass is 9.90. The summed E-state index contributed by atoms with van der Waals surface area (Å²) in [6.07, 6.45) is 3.73. The van der Waals surface area contributed by atoms with Gasteiger partial charge in [0.2, 0.25) is 5.91 Å². The molecule has 2 saturated heterocycles. The van der Waals surface area contributed by atoms with E-state index in [4.69, 9.17) is 22.1 Å².